The molecule has 0 aliphatic rings. The fourth-order valence-electron chi connectivity index (χ4n) is 1.43. The standard InChI is InChI=1S/C12H15N3O/c1-8-3-4-10(16-8)7-14-12-6-5-11(13)9(2)15-12/h3-6H,7,13H2,1-2H3,(H,14,15). The van der Waals surface area contributed by atoms with Gasteiger partial charge in [-0.1, -0.05) is 0 Å². The van der Waals surface area contributed by atoms with Gasteiger partial charge in [-0.2, -0.15) is 0 Å². The Balaban J connectivity index is 2.02. The zero-order chi connectivity index (χ0) is 11.5. The van der Waals surface area contributed by atoms with E-state index < -0.39 is 0 Å². The first kappa shape index (κ1) is 10.5. The van der Waals surface area contributed by atoms with Crippen molar-refractivity contribution in [2.45, 2.75) is 20.4 Å². The lowest BCUT2D eigenvalue weighted by Gasteiger charge is -2.05. The fraction of sp³-hybridized carbons (Fsp3) is 0.250. The van der Waals surface area contributed by atoms with E-state index in [1.165, 1.54) is 0 Å². The number of aryl methyl sites for hydroxylation is 2. The molecule has 0 atom stereocenters. The Morgan fingerprint density at radius 3 is 2.69 bits per heavy atom. The van der Waals surface area contributed by atoms with Crippen molar-refractivity contribution < 1.29 is 4.42 Å². The number of nitrogen functional groups attached to an aromatic ring is 1. The lowest BCUT2D eigenvalue weighted by atomic mass is 10.3. The summed E-state index contributed by atoms with van der Waals surface area (Å²) in [6.45, 7) is 4.44. The third-order valence-corrected chi connectivity index (χ3v) is 2.37. The molecule has 0 saturated carbocycles. The molecule has 2 heterocycles. The van der Waals surface area contributed by atoms with Crippen molar-refractivity contribution in [3.63, 3.8) is 0 Å². The molecule has 16 heavy (non-hydrogen) atoms. The van der Waals surface area contributed by atoms with Crippen LogP contribution in [0.3, 0.4) is 0 Å². The average Bonchev–Trinajstić information content (AvgIpc) is 2.66. The van der Waals surface area contributed by atoms with Crippen LogP contribution in [0.25, 0.3) is 0 Å². The van der Waals surface area contributed by atoms with Gasteiger partial charge in [-0.15, -0.1) is 0 Å². The second kappa shape index (κ2) is 4.26. The van der Waals surface area contributed by atoms with E-state index in [0.717, 1.165) is 23.0 Å². The molecule has 4 nitrogen and oxygen atoms in total. The highest BCUT2D eigenvalue weighted by Gasteiger charge is 2.01. The molecule has 0 bridgehead atoms. The van der Waals surface area contributed by atoms with Gasteiger partial charge in [-0.3, -0.25) is 0 Å². The highest BCUT2D eigenvalue weighted by Crippen LogP contribution is 2.13. The molecular formula is C12H15N3O. The molecule has 0 saturated heterocycles. The first-order chi connectivity index (χ1) is 7.65. The van der Waals surface area contributed by atoms with Gasteiger partial charge in [0.2, 0.25) is 0 Å². The van der Waals surface area contributed by atoms with Gasteiger partial charge < -0.3 is 15.5 Å². The number of furan rings is 1. The Labute approximate surface area is 94.5 Å². The maximum absolute atomic E-state index is 5.69. The minimum absolute atomic E-state index is 0.629. The Kier molecular flexibility index (Phi) is 2.81. The summed E-state index contributed by atoms with van der Waals surface area (Å²) >= 11 is 0. The maximum atomic E-state index is 5.69. The van der Waals surface area contributed by atoms with Crippen LogP contribution in [0.2, 0.25) is 0 Å². The topological polar surface area (TPSA) is 64.1 Å². The van der Waals surface area contributed by atoms with E-state index in [0.29, 0.717) is 12.2 Å². The summed E-state index contributed by atoms with van der Waals surface area (Å²) < 4.78 is 5.44. The number of hydrogen-bond donors (Lipinski definition) is 2. The van der Waals surface area contributed by atoms with E-state index in [1.807, 2.05) is 38.1 Å². The molecule has 2 aromatic heterocycles. The number of rotatable bonds is 3. The molecular weight excluding hydrogens is 202 g/mol. The van der Waals surface area contributed by atoms with Gasteiger partial charge in [0.25, 0.3) is 0 Å². The number of anilines is 2. The van der Waals surface area contributed by atoms with Crippen LogP contribution in [-0.2, 0) is 6.54 Å². The number of pyridine rings is 1. The maximum Gasteiger partial charge on any atom is 0.126 e. The molecule has 2 rings (SSSR count). The van der Waals surface area contributed by atoms with Crippen molar-refractivity contribution in [1.29, 1.82) is 0 Å². The van der Waals surface area contributed by atoms with Crippen molar-refractivity contribution >= 4 is 11.5 Å². The van der Waals surface area contributed by atoms with E-state index in [2.05, 4.69) is 10.3 Å². The van der Waals surface area contributed by atoms with Gasteiger partial charge in [0.1, 0.15) is 17.3 Å². The van der Waals surface area contributed by atoms with Crippen LogP contribution in [0, 0.1) is 13.8 Å². The smallest absolute Gasteiger partial charge is 0.126 e. The Morgan fingerprint density at radius 1 is 1.25 bits per heavy atom. The summed E-state index contributed by atoms with van der Waals surface area (Å²) in [6.07, 6.45) is 0. The number of hydrogen-bond acceptors (Lipinski definition) is 4. The van der Waals surface area contributed by atoms with Gasteiger partial charge in [0, 0.05) is 0 Å². The SMILES string of the molecule is Cc1ccc(CNc2ccc(N)c(C)n2)o1. The second-order valence-corrected chi connectivity index (χ2v) is 3.74. The largest absolute Gasteiger partial charge is 0.465 e. The molecule has 3 N–H and O–H groups in total. The van der Waals surface area contributed by atoms with E-state index in [1.54, 1.807) is 0 Å². The Morgan fingerprint density at radius 2 is 2.06 bits per heavy atom. The third kappa shape index (κ3) is 2.34. The quantitative estimate of drug-likeness (QED) is 0.829. The van der Waals surface area contributed by atoms with E-state index >= 15 is 0 Å². The highest BCUT2D eigenvalue weighted by atomic mass is 16.3. The molecule has 0 aliphatic carbocycles. The van der Waals surface area contributed by atoms with Crippen LogP contribution >= 0.6 is 0 Å². The van der Waals surface area contributed by atoms with Gasteiger partial charge in [-0.05, 0) is 38.1 Å². The number of nitrogens with zero attached hydrogens (tertiary/aromatic N) is 1. The van der Waals surface area contributed by atoms with E-state index in [4.69, 9.17) is 10.2 Å². The zero-order valence-corrected chi connectivity index (χ0v) is 9.45. The third-order valence-electron chi connectivity index (χ3n) is 2.37. The molecule has 0 amide bonds. The molecule has 0 aliphatic heterocycles. The van der Waals surface area contributed by atoms with Crippen LogP contribution in [0.15, 0.2) is 28.7 Å². The summed E-state index contributed by atoms with van der Waals surface area (Å²) in [6, 6.07) is 7.60. The van der Waals surface area contributed by atoms with Crippen LogP contribution in [0.5, 0.6) is 0 Å². The molecule has 0 spiro atoms. The second-order valence-electron chi connectivity index (χ2n) is 3.74. The van der Waals surface area contributed by atoms with Gasteiger partial charge in [0.05, 0.1) is 17.9 Å². The summed E-state index contributed by atoms with van der Waals surface area (Å²) in [4.78, 5) is 4.32. The minimum Gasteiger partial charge on any atom is -0.465 e. The first-order valence-electron chi connectivity index (χ1n) is 5.17. The summed E-state index contributed by atoms with van der Waals surface area (Å²) in [7, 11) is 0. The molecule has 4 heteroatoms. The molecule has 0 radical (unpaired) electrons. The number of aromatic nitrogens is 1. The normalized spacial score (nSPS) is 10.4. The summed E-state index contributed by atoms with van der Waals surface area (Å²) in [5.74, 6) is 2.62. The van der Waals surface area contributed by atoms with E-state index in [-0.39, 0.29) is 0 Å². The minimum atomic E-state index is 0.629. The van der Waals surface area contributed by atoms with Crippen LogP contribution in [0.1, 0.15) is 17.2 Å². The number of nitrogens with one attached hydrogen (secondary N) is 1. The molecule has 84 valence electrons. The predicted octanol–water partition coefficient (Wildman–Crippen LogP) is 2.49. The zero-order valence-electron chi connectivity index (χ0n) is 9.45. The van der Waals surface area contributed by atoms with Gasteiger partial charge >= 0.3 is 0 Å². The fourth-order valence-corrected chi connectivity index (χ4v) is 1.43. The van der Waals surface area contributed by atoms with Crippen molar-refractivity contribution in [3.05, 3.63) is 41.5 Å². The van der Waals surface area contributed by atoms with Gasteiger partial charge in [-0.25, -0.2) is 4.98 Å². The first-order valence-corrected chi connectivity index (χ1v) is 5.17. The molecule has 0 fully saturated rings. The lowest BCUT2D eigenvalue weighted by molar-refractivity contribution is 0.490. The van der Waals surface area contributed by atoms with Crippen molar-refractivity contribution in [1.82, 2.24) is 4.98 Å². The molecule has 0 aromatic carbocycles. The van der Waals surface area contributed by atoms with Gasteiger partial charge in [0.15, 0.2) is 0 Å². The van der Waals surface area contributed by atoms with E-state index in [9.17, 15) is 0 Å². The Bertz CT molecular complexity index is 491. The predicted molar refractivity (Wildman–Crippen MR) is 64.2 cm³/mol. The lowest BCUT2D eigenvalue weighted by Crippen LogP contribution is -2.02. The summed E-state index contributed by atoms with van der Waals surface area (Å²) in [5, 5.41) is 3.18. The van der Waals surface area contributed by atoms with Crippen molar-refractivity contribution in [2.24, 2.45) is 0 Å². The Hall–Kier alpha value is -1.97. The molecule has 0 unspecified atom stereocenters. The molecule has 2 aromatic rings. The van der Waals surface area contributed by atoms with Crippen molar-refractivity contribution in [2.75, 3.05) is 11.1 Å². The monoisotopic (exact) mass is 217 g/mol. The highest BCUT2D eigenvalue weighted by molar-refractivity contribution is 5.49. The number of nitrogens with two attached hydrogens (primary N) is 1. The van der Waals surface area contributed by atoms with Crippen LogP contribution in [0.4, 0.5) is 11.5 Å². The van der Waals surface area contributed by atoms with Crippen LogP contribution < -0.4 is 11.1 Å². The summed E-state index contributed by atoms with van der Waals surface area (Å²) in [5.41, 5.74) is 7.23. The van der Waals surface area contributed by atoms with Crippen molar-refractivity contribution in [3.8, 4) is 0 Å². The average molecular weight is 217 g/mol. The van der Waals surface area contributed by atoms with Crippen LogP contribution in [-0.4, -0.2) is 4.98 Å².